The molecule has 11 heavy (non-hydrogen) atoms. The summed E-state index contributed by atoms with van der Waals surface area (Å²) in [6.45, 7) is 0. The minimum absolute atomic E-state index is 0.845. The minimum atomic E-state index is 0.845. The van der Waals surface area contributed by atoms with Crippen LogP contribution in [0.3, 0.4) is 0 Å². The molecule has 1 rings (SSSR count). The smallest absolute Gasteiger partial charge is 0.165 e. The van der Waals surface area contributed by atoms with Crippen molar-refractivity contribution in [2.24, 2.45) is 0 Å². The van der Waals surface area contributed by atoms with Crippen LogP contribution in [0, 0.1) is 0 Å². The first kappa shape index (κ1) is 7.94. The average Bonchev–Trinajstić information content (AvgIpc) is 2.05. The summed E-state index contributed by atoms with van der Waals surface area (Å²) in [4.78, 5) is 0. The van der Waals surface area contributed by atoms with E-state index in [4.69, 9.17) is 0 Å². The van der Waals surface area contributed by atoms with E-state index in [0.717, 1.165) is 5.82 Å². The molecule has 0 radical (unpaired) electrons. The summed E-state index contributed by atoms with van der Waals surface area (Å²) < 4.78 is 0. The lowest BCUT2D eigenvalue weighted by atomic mass is 10.5. The van der Waals surface area contributed by atoms with Crippen molar-refractivity contribution in [3.8, 4) is 0 Å². The van der Waals surface area contributed by atoms with E-state index in [1.54, 1.807) is 6.20 Å². The predicted molar refractivity (Wildman–Crippen MR) is 44.1 cm³/mol. The van der Waals surface area contributed by atoms with Crippen LogP contribution in [0.1, 0.15) is 0 Å². The average molecular weight is 152 g/mol. The predicted octanol–water partition coefficient (Wildman–Crippen LogP) is 0.389. The first-order valence-corrected chi connectivity index (χ1v) is 3.40. The maximum absolute atomic E-state index is 3.93. The number of aromatic nitrogens is 2. The third kappa shape index (κ3) is 1.88. The van der Waals surface area contributed by atoms with Gasteiger partial charge in [0, 0.05) is 27.3 Å². The first-order valence-electron chi connectivity index (χ1n) is 3.40. The third-order valence-electron chi connectivity index (χ3n) is 1.49. The minimum Gasteiger partial charge on any atom is -0.292 e. The zero-order valence-corrected chi connectivity index (χ0v) is 7.02. The zero-order valence-electron chi connectivity index (χ0n) is 7.02. The molecular weight excluding hydrogens is 140 g/mol. The third-order valence-corrected chi connectivity index (χ3v) is 1.49. The quantitative estimate of drug-likeness (QED) is 0.574. The van der Waals surface area contributed by atoms with Crippen LogP contribution >= 0.6 is 0 Å². The summed E-state index contributed by atoms with van der Waals surface area (Å²) in [5.41, 5.74) is 0. The summed E-state index contributed by atoms with van der Waals surface area (Å²) in [7, 11) is 5.84. The van der Waals surface area contributed by atoms with E-state index >= 15 is 0 Å². The van der Waals surface area contributed by atoms with Crippen molar-refractivity contribution in [2.75, 3.05) is 26.2 Å². The maximum atomic E-state index is 3.93. The summed E-state index contributed by atoms with van der Waals surface area (Å²) >= 11 is 0. The molecular formula is C7H12N4. The second kappa shape index (κ2) is 3.30. The Hall–Kier alpha value is -1.16. The van der Waals surface area contributed by atoms with Gasteiger partial charge in [0.2, 0.25) is 0 Å². The van der Waals surface area contributed by atoms with Gasteiger partial charge in [-0.2, -0.15) is 5.10 Å². The highest BCUT2D eigenvalue weighted by Crippen LogP contribution is 2.04. The fourth-order valence-corrected chi connectivity index (χ4v) is 0.671. The number of nitrogens with zero attached hydrogens (tertiary/aromatic N) is 4. The van der Waals surface area contributed by atoms with E-state index < -0.39 is 0 Å². The molecule has 0 unspecified atom stereocenters. The SMILES string of the molecule is CN(C)N(C)c1cccnn1. The maximum Gasteiger partial charge on any atom is 0.165 e. The Balaban J connectivity index is 2.77. The highest BCUT2D eigenvalue weighted by atomic mass is 15.6. The van der Waals surface area contributed by atoms with Crippen LogP contribution in [0.25, 0.3) is 0 Å². The molecule has 0 saturated carbocycles. The van der Waals surface area contributed by atoms with Crippen molar-refractivity contribution < 1.29 is 0 Å². The molecule has 0 aliphatic rings. The molecule has 1 aromatic rings. The molecule has 0 saturated heterocycles. The Bertz CT molecular complexity index is 209. The Morgan fingerprint density at radius 1 is 1.27 bits per heavy atom. The highest BCUT2D eigenvalue weighted by molar-refractivity contribution is 5.32. The summed E-state index contributed by atoms with van der Waals surface area (Å²) in [5, 5.41) is 11.5. The van der Waals surface area contributed by atoms with Gasteiger partial charge >= 0.3 is 0 Å². The van der Waals surface area contributed by atoms with Gasteiger partial charge in [0.25, 0.3) is 0 Å². The van der Waals surface area contributed by atoms with Crippen LogP contribution in [0.5, 0.6) is 0 Å². The molecule has 0 aliphatic heterocycles. The molecule has 0 N–H and O–H groups in total. The van der Waals surface area contributed by atoms with Gasteiger partial charge < -0.3 is 0 Å². The van der Waals surface area contributed by atoms with Crippen LogP contribution in [-0.2, 0) is 0 Å². The lowest BCUT2D eigenvalue weighted by molar-refractivity contribution is 0.392. The molecule has 0 bridgehead atoms. The van der Waals surface area contributed by atoms with Gasteiger partial charge in [-0.1, -0.05) is 0 Å². The Labute approximate surface area is 66.4 Å². The van der Waals surface area contributed by atoms with Crippen molar-refractivity contribution >= 4 is 5.82 Å². The van der Waals surface area contributed by atoms with Crippen molar-refractivity contribution in [2.45, 2.75) is 0 Å². The number of hydrogen-bond acceptors (Lipinski definition) is 4. The van der Waals surface area contributed by atoms with Gasteiger partial charge in [0.05, 0.1) is 0 Å². The molecule has 0 aliphatic carbocycles. The second-order valence-electron chi connectivity index (χ2n) is 2.45. The molecule has 0 atom stereocenters. The van der Waals surface area contributed by atoms with E-state index in [-0.39, 0.29) is 0 Å². The van der Waals surface area contributed by atoms with Crippen molar-refractivity contribution in [1.29, 1.82) is 0 Å². The highest BCUT2D eigenvalue weighted by Gasteiger charge is 2.01. The van der Waals surface area contributed by atoms with Crippen LogP contribution < -0.4 is 5.01 Å². The Kier molecular flexibility index (Phi) is 2.38. The lowest BCUT2D eigenvalue weighted by Gasteiger charge is -2.24. The van der Waals surface area contributed by atoms with E-state index in [9.17, 15) is 0 Å². The van der Waals surface area contributed by atoms with Crippen LogP contribution in [0.4, 0.5) is 5.82 Å². The Morgan fingerprint density at radius 3 is 2.45 bits per heavy atom. The molecule has 1 heterocycles. The molecule has 0 spiro atoms. The Morgan fingerprint density at radius 2 is 2.00 bits per heavy atom. The molecule has 1 aromatic heterocycles. The van der Waals surface area contributed by atoms with Gasteiger partial charge in [-0.15, -0.1) is 5.10 Å². The summed E-state index contributed by atoms with van der Waals surface area (Å²) in [6.07, 6.45) is 1.66. The monoisotopic (exact) mass is 152 g/mol. The van der Waals surface area contributed by atoms with Crippen molar-refractivity contribution in [1.82, 2.24) is 15.2 Å². The number of hydrogen-bond donors (Lipinski definition) is 0. The second-order valence-corrected chi connectivity index (χ2v) is 2.45. The standard InChI is InChI=1S/C7H12N4/c1-10(2)11(3)7-5-4-6-8-9-7/h4-6H,1-3H3. The lowest BCUT2D eigenvalue weighted by Crippen LogP contribution is -2.33. The summed E-state index contributed by atoms with van der Waals surface area (Å²) in [5.74, 6) is 0.845. The van der Waals surface area contributed by atoms with E-state index in [2.05, 4.69) is 10.2 Å². The van der Waals surface area contributed by atoms with Crippen molar-refractivity contribution in [3.05, 3.63) is 18.3 Å². The zero-order chi connectivity index (χ0) is 8.27. The van der Waals surface area contributed by atoms with Crippen LogP contribution in [0.2, 0.25) is 0 Å². The van der Waals surface area contributed by atoms with Gasteiger partial charge in [-0.05, 0) is 12.1 Å². The fraction of sp³-hybridized carbons (Fsp3) is 0.429. The normalized spacial score (nSPS) is 10.2. The van der Waals surface area contributed by atoms with Gasteiger partial charge in [0.15, 0.2) is 5.82 Å². The van der Waals surface area contributed by atoms with E-state index in [1.807, 2.05) is 43.3 Å². The molecule has 4 heteroatoms. The topological polar surface area (TPSA) is 32.3 Å². The first-order chi connectivity index (χ1) is 5.22. The van der Waals surface area contributed by atoms with Crippen LogP contribution in [0.15, 0.2) is 18.3 Å². The van der Waals surface area contributed by atoms with Gasteiger partial charge in [-0.25, -0.2) is 5.01 Å². The van der Waals surface area contributed by atoms with Crippen molar-refractivity contribution in [3.63, 3.8) is 0 Å². The molecule has 0 fully saturated rings. The fourth-order valence-electron chi connectivity index (χ4n) is 0.671. The molecule has 0 amide bonds. The molecule has 4 nitrogen and oxygen atoms in total. The number of rotatable bonds is 2. The largest absolute Gasteiger partial charge is 0.292 e. The van der Waals surface area contributed by atoms with Gasteiger partial charge in [0.1, 0.15) is 0 Å². The number of anilines is 1. The van der Waals surface area contributed by atoms with Crippen LogP contribution in [-0.4, -0.2) is 36.3 Å². The molecule has 60 valence electrons. The van der Waals surface area contributed by atoms with Gasteiger partial charge in [-0.3, -0.25) is 5.01 Å². The number of hydrazine groups is 1. The summed E-state index contributed by atoms with van der Waals surface area (Å²) in [6, 6.07) is 3.77. The molecule has 0 aromatic carbocycles. The van der Waals surface area contributed by atoms with E-state index in [1.165, 1.54) is 0 Å². The van der Waals surface area contributed by atoms with E-state index in [0.29, 0.717) is 0 Å².